The lowest BCUT2D eigenvalue weighted by Gasteiger charge is -2.34. The second-order valence-electron chi connectivity index (χ2n) is 8.93. The minimum Gasteiger partial charge on any atom is -0.425 e. The molecular formula is C26H29N3O5. The van der Waals surface area contributed by atoms with Crippen LogP contribution in [0.4, 0.5) is 4.79 Å². The standard InChI is InChI=1S/C26H29N3O5/c1-2-18-11-13-26(14-12-18)24(32)29(25(33)28-26)17-22(30)34-21-10-6-9-20(15-21)23(31)27-16-19-7-4-3-5-8-19/h3-10,15,18H,2,11-14,16-17H2,1H3,(H,27,31)(H,28,33). The van der Waals surface area contributed by atoms with Crippen LogP contribution in [0.15, 0.2) is 54.6 Å². The molecule has 4 rings (SSSR count). The van der Waals surface area contributed by atoms with Crippen LogP contribution in [-0.2, 0) is 16.1 Å². The maximum atomic E-state index is 13.0. The van der Waals surface area contributed by atoms with Gasteiger partial charge in [0.05, 0.1) is 0 Å². The Balaban J connectivity index is 1.34. The molecule has 1 spiro atoms. The van der Waals surface area contributed by atoms with E-state index in [0.717, 1.165) is 29.7 Å². The van der Waals surface area contributed by atoms with Gasteiger partial charge in [-0.1, -0.05) is 49.7 Å². The van der Waals surface area contributed by atoms with Crippen molar-refractivity contribution in [3.8, 4) is 5.75 Å². The molecule has 1 heterocycles. The number of nitrogens with zero attached hydrogens (tertiary/aromatic N) is 1. The zero-order valence-corrected chi connectivity index (χ0v) is 19.2. The third-order valence-electron chi connectivity index (χ3n) is 6.69. The van der Waals surface area contributed by atoms with Gasteiger partial charge in [0.25, 0.3) is 11.8 Å². The van der Waals surface area contributed by atoms with Gasteiger partial charge in [-0.2, -0.15) is 0 Å². The normalized spacial score (nSPS) is 21.9. The maximum absolute atomic E-state index is 13.0. The zero-order chi connectivity index (χ0) is 24.1. The number of carbonyl (C=O) groups is 4. The summed E-state index contributed by atoms with van der Waals surface area (Å²) in [4.78, 5) is 51.4. The molecule has 2 aromatic carbocycles. The van der Waals surface area contributed by atoms with Crippen molar-refractivity contribution in [3.63, 3.8) is 0 Å². The van der Waals surface area contributed by atoms with Crippen LogP contribution in [0.1, 0.15) is 54.9 Å². The third kappa shape index (κ3) is 5.11. The van der Waals surface area contributed by atoms with Crippen LogP contribution in [0.25, 0.3) is 0 Å². The molecule has 0 radical (unpaired) electrons. The molecule has 1 aliphatic heterocycles. The highest BCUT2D eigenvalue weighted by Gasteiger charge is 2.52. The molecule has 4 amide bonds. The highest BCUT2D eigenvalue weighted by atomic mass is 16.5. The second kappa shape index (κ2) is 10.1. The fourth-order valence-electron chi connectivity index (χ4n) is 4.61. The Morgan fingerprint density at radius 1 is 1.09 bits per heavy atom. The molecule has 0 unspecified atom stereocenters. The van der Waals surface area contributed by atoms with Crippen LogP contribution in [-0.4, -0.2) is 40.8 Å². The van der Waals surface area contributed by atoms with Crippen molar-refractivity contribution in [3.05, 3.63) is 65.7 Å². The fraction of sp³-hybridized carbons (Fsp3) is 0.385. The number of hydrogen-bond acceptors (Lipinski definition) is 5. The minimum atomic E-state index is -0.903. The number of carbonyl (C=O) groups excluding carboxylic acids is 4. The summed E-state index contributed by atoms with van der Waals surface area (Å²) in [7, 11) is 0. The van der Waals surface area contributed by atoms with E-state index < -0.39 is 24.1 Å². The number of nitrogens with one attached hydrogen (secondary N) is 2. The van der Waals surface area contributed by atoms with E-state index >= 15 is 0 Å². The summed E-state index contributed by atoms with van der Waals surface area (Å²) in [5.74, 6) is -0.683. The zero-order valence-electron chi connectivity index (χ0n) is 19.2. The van der Waals surface area contributed by atoms with Gasteiger partial charge in [-0.05, 0) is 55.4 Å². The van der Waals surface area contributed by atoms with Gasteiger partial charge in [0.1, 0.15) is 17.8 Å². The summed E-state index contributed by atoms with van der Waals surface area (Å²) in [5, 5.41) is 5.63. The topological polar surface area (TPSA) is 105 Å². The van der Waals surface area contributed by atoms with Crippen LogP contribution in [0.3, 0.4) is 0 Å². The predicted octanol–water partition coefficient (Wildman–Crippen LogP) is 3.41. The van der Waals surface area contributed by atoms with Crippen molar-refractivity contribution < 1.29 is 23.9 Å². The highest BCUT2D eigenvalue weighted by Crippen LogP contribution is 2.37. The maximum Gasteiger partial charge on any atom is 0.331 e. The summed E-state index contributed by atoms with van der Waals surface area (Å²) < 4.78 is 5.34. The fourth-order valence-corrected chi connectivity index (χ4v) is 4.61. The summed E-state index contributed by atoms with van der Waals surface area (Å²) in [6.07, 6.45) is 3.97. The lowest BCUT2D eigenvalue weighted by atomic mass is 9.75. The molecule has 2 fully saturated rings. The van der Waals surface area contributed by atoms with Gasteiger partial charge in [-0.3, -0.25) is 14.5 Å². The first-order valence-electron chi connectivity index (χ1n) is 11.7. The molecule has 2 aromatic rings. The molecule has 1 aliphatic carbocycles. The van der Waals surface area contributed by atoms with Gasteiger partial charge in [0.15, 0.2) is 0 Å². The van der Waals surface area contributed by atoms with Gasteiger partial charge in [-0.25, -0.2) is 9.59 Å². The molecule has 0 bridgehead atoms. The van der Waals surface area contributed by atoms with E-state index in [9.17, 15) is 19.2 Å². The highest BCUT2D eigenvalue weighted by molar-refractivity contribution is 6.08. The van der Waals surface area contributed by atoms with Gasteiger partial charge < -0.3 is 15.4 Å². The molecule has 1 saturated carbocycles. The van der Waals surface area contributed by atoms with Crippen molar-refractivity contribution >= 4 is 23.8 Å². The van der Waals surface area contributed by atoms with Gasteiger partial charge >= 0.3 is 12.0 Å². The summed E-state index contributed by atoms with van der Waals surface area (Å²) >= 11 is 0. The van der Waals surface area contributed by atoms with Gasteiger partial charge in [-0.15, -0.1) is 0 Å². The first-order valence-corrected chi connectivity index (χ1v) is 11.7. The van der Waals surface area contributed by atoms with Crippen LogP contribution in [0, 0.1) is 5.92 Å². The molecule has 0 aromatic heterocycles. The molecule has 8 nitrogen and oxygen atoms in total. The Kier molecular flexibility index (Phi) is 6.95. The monoisotopic (exact) mass is 463 g/mol. The van der Waals surface area contributed by atoms with Crippen molar-refractivity contribution in [1.29, 1.82) is 0 Å². The van der Waals surface area contributed by atoms with Gasteiger partial charge in [0, 0.05) is 12.1 Å². The van der Waals surface area contributed by atoms with Crippen molar-refractivity contribution in [2.75, 3.05) is 6.54 Å². The van der Waals surface area contributed by atoms with Crippen LogP contribution in [0.2, 0.25) is 0 Å². The Morgan fingerprint density at radius 2 is 1.82 bits per heavy atom. The molecule has 34 heavy (non-hydrogen) atoms. The van der Waals surface area contributed by atoms with Crippen LogP contribution >= 0.6 is 0 Å². The average molecular weight is 464 g/mol. The average Bonchev–Trinajstić information content (AvgIpc) is 3.07. The number of imide groups is 1. The Labute approximate surface area is 198 Å². The Bertz CT molecular complexity index is 1080. The van der Waals surface area contributed by atoms with E-state index in [-0.39, 0.29) is 17.6 Å². The minimum absolute atomic E-state index is 0.169. The van der Waals surface area contributed by atoms with E-state index in [2.05, 4.69) is 17.6 Å². The van der Waals surface area contributed by atoms with Crippen molar-refractivity contribution in [2.45, 2.75) is 51.1 Å². The second-order valence-corrected chi connectivity index (χ2v) is 8.93. The number of urea groups is 1. The quantitative estimate of drug-likeness (QED) is 0.372. The van der Waals surface area contributed by atoms with Crippen LogP contribution < -0.4 is 15.4 Å². The van der Waals surface area contributed by atoms with Gasteiger partial charge in [0.2, 0.25) is 0 Å². The Morgan fingerprint density at radius 3 is 2.53 bits per heavy atom. The number of rotatable bonds is 7. The van der Waals surface area contributed by atoms with E-state index in [1.165, 1.54) is 6.07 Å². The molecule has 178 valence electrons. The SMILES string of the molecule is CCC1CCC2(CC1)NC(=O)N(CC(=O)Oc1cccc(C(=O)NCc3ccccc3)c1)C2=O. The number of esters is 1. The van der Waals surface area contributed by atoms with E-state index in [4.69, 9.17) is 4.74 Å². The lowest BCUT2D eigenvalue weighted by Crippen LogP contribution is -2.49. The van der Waals surface area contributed by atoms with E-state index in [0.29, 0.717) is 30.9 Å². The third-order valence-corrected chi connectivity index (χ3v) is 6.69. The van der Waals surface area contributed by atoms with Crippen molar-refractivity contribution in [1.82, 2.24) is 15.5 Å². The van der Waals surface area contributed by atoms with E-state index in [1.54, 1.807) is 18.2 Å². The summed E-state index contributed by atoms with van der Waals surface area (Å²) in [6, 6.07) is 15.2. The molecule has 1 saturated heterocycles. The molecule has 0 atom stereocenters. The van der Waals surface area contributed by atoms with Crippen molar-refractivity contribution in [2.24, 2.45) is 5.92 Å². The molecule has 2 aliphatic rings. The summed E-state index contributed by atoms with van der Waals surface area (Å²) in [5.41, 5.74) is 0.399. The largest absolute Gasteiger partial charge is 0.425 e. The first-order chi connectivity index (χ1) is 16.4. The van der Waals surface area contributed by atoms with Crippen LogP contribution in [0.5, 0.6) is 5.75 Å². The molecular weight excluding hydrogens is 434 g/mol. The predicted molar refractivity (Wildman–Crippen MR) is 125 cm³/mol. The molecule has 8 heteroatoms. The number of ether oxygens (including phenoxy) is 1. The summed E-state index contributed by atoms with van der Waals surface area (Å²) in [6.45, 7) is 2.02. The number of benzene rings is 2. The number of hydrogen-bond donors (Lipinski definition) is 2. The number of amides is 4. The Hall–Kier alpha value is -3.68. The van der Waals surface area contributed by atoms with E-state index in [1.807, 2.05) is 30.3 Å². The smallest absolute Gasteiger partial charge is 0.331 e. The lowest BCUT2D eigenvalue weighted by molar-refractivity contribution is -0.141. The first kappa shape index (κ1) is 23.5. The molecule has 2 N–H and O–H groups in total.